The van der Waals surface area contributed by atoms with Crippen LogP contribution < -0.4 is 14.8 Å². The summed E-state index contributed by atoms with van der Waals surface area (Å²) in [6, 6.07) is 3.62. The van der Waals surface area contributed by atoms with Gasteiger partial charge in [0.2, 0.25) is 0 Å². The second-order valence-corrected chi connectivity index (χ2v) is 6.82. The first kappa shape index (κ1) is 19.2. The van der Waals surface area contributed by atoms with Crippen LogP contribution in [-0.4, -0.2) is 43.4 Å². The Bertz CT molecular complexity index is 891. The number of hydrogen-bond donors (Lipinski definition) is 2. The molecule has 1 aliphatic rings. The van der Waals surface area contributed by atoms with Crippen molar-refractivity contribution in [1.82, 2.24) is 4.98 Å². The summed E-state index contributed by atoms with van der Waals surface area (Å²) in [6.45, 7) is 4.61. The van der Waals surface area contributed by atoms with Crippen molar-refractivity contribution in [3.8, 4) is 11.5 Å². The first-order valence-electron chi connectivity index (χ1n) is 8.58. The third kappa shape index (κ3) is 3.62. The van der Waals surface area contributed by atoms with Gasteiger partial charge in [-0.3, -0.25) is 4.79 Å². The molecule has 1 amide bonds. The zero-order valence-corrected chi connectivity index (χ0v) is 16.5. The highest BCUT2D eigenvalue weighted by Gasteiger charge is 2.25. The summed E-state index contributed by atoms with van der Waals surface area (Å²) in [7, 11) is 1.33. The fraction of sp³-hybridized carbons (Fsp3) is 0.368. The van der Waals surface area contributed by atoms with Gasteiger partial charge in [0, 0.05) is 16.7 Å². The molecule has 0 aliphatic carbocycles. The van der Waals surface area contributed by atoms with Crippen molar-refractivity contribution in [1.29, 1.82) is 0 Å². The smallest absolute Gasteiger partial charge is 0.339 e. The molecule has 0 atom stereocenters. The Morgan fingerprint density at radius 1 is 1.26 bits per heavy atom. The Kier molecular flexibility index (Phi) is 5.65. The van der Waals surface area contributed by atoms with Gasteiger partial charge in [0.1, 0.15) is 18.9 Å². The van der Waals surface area contributed by atoms with Crippen molar-refractivity contribution in [3.05, 3.63) is 34.6 Å². The van der Waals surface area contributed by atoms with Gasteiger partial charge in [0.15, 0.2) is 11.5 Å². The molecular weight excluding hydrogens is 368 g/mol. The zero-order chi connectivity index (χ0) is 19.6. The number of nitrogens with one attached hydrogen (secondary N) is 2. The third-order valence-corrected chi connectivity index (χ3v) is 5.19. The Labute approximate surface area is 161 Å². The minimum atomic E-state index is -0.455. The number of benzene rings is 1. The summed E-state index contributed by atoms with van der Waals surface area (Å²) in [5.74, 6) is 0.482. The van der Waals surface area contributed by atoms with Crippen molar-refractivity contribution in [2.24, 2.45) is 0 Å². The van der Waals surface area contributed by atoms with Gasteiger partial charge in [-0.1, -0.05) is 6.92 Å². The van der Waals surface area contributed by atoms with Crippen LogP contribution in [0, 0.1) is 6.92 Å². The van der Waals surface area contributed by atoms with E-state index < -0.39 is 5.97 Å². The molecular formula is C19H22N2O5S. The van der Waals surface area contributed by atoms with Crippen LogP contribution in [0.25, 0.3) is 0 Å². The zero-order valence-electron chi connectivity index (χ0n) is 15.7. The largest absolute Gasteiger partial charge is 0.486 e. The lowest BCUT2D eigenvalue weighted by atomic mass is 10.1. The number of esters is 1. The van der Waals surface area contributed by atoms with Crippen LogP contribution in [0.5, 0.6) is 11.5 Å². The number of thioether (sulfide) groups is 1. The van der Waals surface area contributed by atoms with E-state index in [2.05, 4.69) is 10.3 Å². The predicted octanol–water partition coefficient (Wildman–Crippen LogP) is 3.42. The number of ether oxygens (including phenoxy) is 3. The number of amides is 1. The second kappa shape index (κ2) is 7.96. The Balaban J connectivity index is 1.94. The van der Waals surface area contributed by atoms with Crippen LogP contribution in [0.4, 0.5) is 5.69 Å². The van der Waals surface area contributed by atoms with Crippen LogP contribution in [-0.2, 0) is 11.2 Å². The molecule has 2 heterocycles. The highest BCUT2D eigenvalue weighted by atomic mass is 32.2. The van der Waals surface area contributed by atoms with Gasteiger partial charge in [-0.15, -0.1) is 11.8 Å². The Hall–Kier alpha value is -2.61. The standard InChI is InChI=1S/C19H22N2O5S/c1-5-11-16(19(23)24-3)10(2)17(20-11)18(22)21-12-8-13-14(9-15(12)27-4)26-7-6-25-13/h8-9,20H,5-7H2,1-4H3,(H,21,22). The fourth-order valence-corrected chi connectivity index (χ4v) is 3.61. The maximum Gasteiger partial charge on any atom is 0.339 e. The van der Waals surface area contributed by atoms with E-state index in [1.165, 1.54) is 18.9 Å². The second-order valence-electron chi connectivity index (χ2n) is 5.97. The Morgan fingerprint density at radius 3 is 2.52 bits per heavy atom. The summed E-state index contributed by atoms with van der Waals surface area (Å²) < 4.78 is 16.0. The summed E-state index contributed by atoms with van der Waals surface area (Å²) in [4.78, 5) is 28.9. The summed E-state index contributed by atoms with van der Waals surface area (Å²) in [5, 5.41) is 2.91. The van der Waals surface area contributed by atoms with E-state index in [1.54, 1.807) is 13.0 Å². The van der Waals surface area contributed by atoms with Crippen LogP contribution in [0.2, 0.25) is 0 Å². The van der Waals surface area contributed by atoms with Crippen LogP contribution in [0.3, 0.4) is 0 Å². The summed E-state index contributed by atoms with van der Waals surface area (Å²) >= 11 is 1.50. The summed E-state index contributed by atoms with van der Waals surface area (Å²) in [5.41, 5.74) is 2.63. The van der Waals surface area contributed by atoms with Crippen molar-refractivity contribution in [3.63, 3.8) is 0 Å². The number of carbonyl (C=O) groups is 2. The molecule has 0 saturated carbocycles. The van der Waals surface area contributed by atoms with Gasteiger partial charge >= 0.3 is 5.97 Å². The number of methoxy groups -OCH3 is 1. The number of aromatic amines is 1. The predicted molar refractivity (Wildman–Crippen MR) is 103 cm³/mol. The molecule has 0 unspecified atom stereocenters. The third-order valence-electron chi connectivity index (χ3n) is 4.41. The maximum atomic E-state index is 12.9. The molecule has 1 aromatic carbocycles. The normalized spacial score (nSPS) is 12.6. The van der Waals surface area contributed by atoms with Gasteiger partial charge in [0.25, 0.3) is 5.91 Å². The fourth-order valence-electron chi connectivity index (χ4n) is 3.05. The molecule has 2 aromatic rings. The lowest BCUT2D eigenvalue weighted by molar-refractivity contribution is 0.0599. The average molecular weight is 390 g/mol. The highest BCUT2D eigenvalue weighted by molar-refractivity contribution is 7.98. The Morgan fingerprint density at radius 2 is 1.93 bits per heavy atom. The van der Waals surface area contributed by atoms with Crippen molar-refractivity contribution in [2.45, 2.75) is 25.2 Å². The average Bonchev–Trinajstić information content (AvgIpc) is 3.03. The SMILES string of the molecule is CCc1[nH]c(C(=O)Nc2cc3c(cc2SC)OCCO3)c(C)c1C(=O)OC. The molecule has 1 aromatic heterocycles. The summed E-state index contributed by atoms with van der Waals surface area (Å²) in [6.07, 6.45) is 2.50. The minimum Gasteiger partial charge on any atom is -0.486 e. The number of H-pyrrole nitrogens is 1. The number of rotatable bonds is 5. The lowest BCUT2D eigenvalue weighted by Gasteiger charge is -2.21. The number of anilines is 1. The molecule has 0 bridgehead atoms. The lowest BCUT2D eigenvalue weighted by Crippen LogP contribution is -2.17. The van der Waals surface area contributed by atoms with Gasteiger partial charge in [0.05, 0.1) is 18.4 Å². The van der Waals surface area contributed by atoms with E-state index in [1.807, 2.05) is 19.2 Å². The molecule has 1 aliphatic heterocycles. The van der Waals surface area contributed by atoms with Crippen LogP contribution >= 0.6 is 11.8 Å². The molecule has 0 saturated heterocycles. The van der Waals surface area contributed by atoms with Gasteiger partial charge in [-0.2, -0.15) is 0 Å². The van der Waals surface area contributed by atoms with Gasteiger partial charge < -0.3 is 24.5 Å². The molecule has 8 heteroatoms. The van der Waals surface area contributed by atoms with E-state index in [9.17, 15) is 9.59 Å². The number of aryl methyl sites for hydroxylation is 1. The van der Waals surface area contributed by atoms with E-state index in [0.717, 1.165) is 4.90 Å². The molecule has 0 radical (unpaired) electrons. The molecule has 2 N–H and O–H groups in total. The monoisotopic (exact) mass is 390 g/mol. The van der Waals surface area contributed by atoms with E-state index in [-0.39, 0.29) is 5.91 Å². The number of hydrogen-bond acceptors (Lipinski definition) is 6. The molecule has 7 nitrogen and oxygen atoms in total. The van der Waals surface area contributed by atoms with E-state index in [4.69, 9.17) is 14.2 Å². The van der Waals surface area contributed by atoms with Crippen molar-refractivity contribution in [2.75, 3.05) is 31.9 Å². The van der Waals surface area contributed by atoms with Crippen LogP contribution in [0.15, 0.2) is 17.0 Å². The van der Waals surface area contributed by atoms with Gasteiger partial charge in [-0.25, -0.2) is 4.79 Å². The van der Waals surface area contributed by atoms with E-state index in [0.29, 0.717) is 59.3 Å². The van der Waals surface area contributed by atoms with Crippen molar-refractivity contribution >= 4 is 29.3 Å². The molecule has 3 rings (SSSR count). The quantitative estimate of drug-likeness (QED) is 0.601. The van der Waals surface area contributed by atoms with Gasteiger partial charge in [-0.05, 0) is 31.2 Å². The number of carbonyl (C=O) groups excluding carboxylic acids is 2. The molecule has 0 fully saturated rings. The topological polar surface area (TPSA) is 89.7 Å². The van der Waals surface area contributed by atoms with Crippen molar-refractivity contribution < 1.29 is 23.8 Å². The highest BCUT2D eigenvalue weighted by Crippen LogP contribution is 2.39. The maximum absolute atomic E-state index is 12.9. The molecule has 0 spiro atoms. The van der Waals surface area contributed by atoms with Crippen LogP contribution in [0.1, 0.15) is 39.0 Å². The first-order chi connectivity index (χ1) is 13.0. The number of fused-ring (bicyclic) bond motifs is 1. The number of aromatic nitrogens is 1. The van der Waals surface area contributed by atoms with E-state index >= 15 is 0 Å². The molecule has 27 heavy (non-hydrogen) atoms. The minimum absolute atomic E-state index is 0.329. The first-order valence-corrected chi connectivity index (χ1v) is 9.81. The molecule has 144 valence electrons.